The van der Waals surface area contributed by atoms with Gasteiger partial charge in [0.15, 0.2) is 0 Å². The van der Waals surface area contributed by atoms with Crippen LogP contribution in [0.5, 0.6) is 0 Å². The number of fused-ring (bicyclic) bond motifs is 1. The molecule has 35 heavy (non-hydrogen) atoms. The molecule has 3 aromatic rings. The van der Waals surface area contributed by atoms with Gasteiger partial charge in [-0.25, -0.2) is 14.5 Å². The van der Waals surface area contributed by atoms with Crippen molar-refractivity contribution in [2.45, 2.75) is 33.6 Å². The van der Waals surface area contributed by atoms with E-state index in [0.717, 1.165) is 37.7 Å². The number of anilines is 1. The quantitative estimate of drug-likeness (QED) is 0.528. The van der Waals surface area contributed by atoms with Crippen LogP contribution in [0.3, 0.4) is 0 Å². The van der Waals surface area contributed by atoms with Gasteiger partial charge in [-0.3, -0.25) is 14.3 Å². The van der Waals surface area contributed by atoms with E-state index >= 15 is 0 Å². The summed E-state index contributed by atoms with van der Waals surface area (Å²) < 4.78 is 35.1. The van der Waals surface area contributed by atoms with Crippen LogP contribution in [0, 0.1) is 11.8 Å². The maximum Gasteiger partial charge on any atom is 0.490 e. The van der Waals surface area contributed by atoms with E-state index in [0.29, 0.717) is 24.1 Å². The molecule has 0 unspecified atom stereocenters. The maximum absolute atomic E-state index is 13.2. The second kappa shape index (κ2) is 12.0. The summed E-state index contributed by atoms with van der Waals surface area (Å²) in [7, 11) is 0. The predicted octanol–water partition coefficient (Wildman–Crippen LogP) is 1.74. The van der Waals surface area contributed by atoms with E-state index in [1.807, 2.05) is 16.7 Å². The van der Waals surface area contributed by atoms with Crippen molar-refractivity contribution >= 4 is 23.0 Å². The molecule has 4 heterocycles. The highest BCUT2D eigenvalue weighted by atomic mass is 19.4. The van der Waals surface area contributed by atoms with E-state index in [4.69, 9.17) is 14.9 Å². The first-order valence-electron chi connectivity index (χ1n) is 10.2. The lowest BCUT2D eigenvalue weighted by atomic mass is 10.3. The molecule has 0 radical (unpaired) electrons. The van der Waals surface area contributed by atoms with E-state index in [1.165, 1.54) is 4.68 Å². The van der Waals surface area contributed by atoms with Gasteiger partial charge in [-0.2, -0.15) is 18.3 Å². The molecule has 1 saturated heterocycles. The number of piperazine rings is 1. The van der Waals surface area contributed by atoms with Crippen molar-refractivity contribution in [2.75, 3.05) is 31.1 Å². The molecule has 3 aromatic heterocycles. The molecule has 1 aliphatic rings. The molecule has 1 aliphatic heterocycles. The molecule has 188 valence electrons. The highest BCUT2D eigenvalue weighted by molar-refractivity contribution is 5.77. The number of hydrogen-bond acceptors (Lipinski definition) is 7. The van der Waals surface area contributed by atoms with Crippen molar-refractivity contribution in [3.05, 3.63) is 46.6 Å². The molecule has 2 N–H and O–H groups in total. The lowest BCUT2D eigenvalue weighted by molar-refractivity contribution is -0.192. The SMILES string of the molecule is C.CC#CCn1c(N2CCNCC2)nc2cnn(Cc3cccnc3)c(=O)c21.O=C(O)C(F)(F)F. The third-order valence-electron chi connectivity index (χ3n) is 4.84. The third kappa shape index (κ3) is 6.80. The number of pyridine rings is 1. The number of halogens is 3. The Balaban J connectivity index is 0.000000476. The minimum Gasteiger partial charge on any atom is -0.475 e. The second-order valence-corrected chi connectivity index (χ2v) is 7.17. The van der Waals surface area contributed by atoms with Crippen molar-refractivity contribution in [3.63, 3.8) is 0 Å². The van der Waals surface area contributed by atoms with Gasteiger partial charge in [-0.15, -0.1) is 5.92 Å². The van der Waals surface area contributed by atoms with Crippen LogP contribution in [0.25, 0.3) is 11.0 Å². The van der Waals surface area contributed by atoms with E-state index in [9.17, 15) is 18.0 Å². The first kappa shape index (κ1) is 27.3. The average Bonchev–Trinajstić information content (AvgIpc) is 3.20. The summed E-state index contributed by atoms with van der Waals surface area (Å²) in [5.41, 5.74) is 1.91. The van der Waals surface area contributed by atoms with Gasteiger partial charge in [-0.1, -0.05) is 19.4 Å². The molecule has 0 amide bonds. The van der Waals surface area contributed by atoms with E-state index in [1.54, 1.807) is 25.5 Å². The molecule has 4 rings (SSSR count). The first-order chi connectivity index (χ1) is 16.2. The Morgan fingerprint density at radius 1 is 1.26 bits per heavy atom. The topological polar surface area (TPSA) is 118 Å². The molecule has 0 spiro atoms. The molecular weight excluding hydrogens is 467 g/mol. The molecule has 0 saturated carbocycles. The van der Waals surface area contributed by atoms with Crippen LogP contribution in [0.2, 0.25) is 0 Å². The monoisotopic (exact) mass is 493 g/mol. The normalized spacial score (nSPS) is 13.2. The predicted molar refractivity (Wildman–Crippen MR) is 124 cm³/mol. The molecule has 0 bridgehead atoms. The number of carboxylic acid groups (broad SMARTS) is 1. The van der Waals surface area contributed by atoms with Gasteiger partial charge in [-0.05, 0) is 18.6 Å². The van der Waals surface area contributed by atoms with Gasteiger partial charge in [0, 0.05) is 38.6 Å². The van der Waals surface area contributed by atoms with E-state index in [-0.39, 0.29) is 13.0 Å². The maximum atomic E-state index is 13.2. The molecule has 0 atom stereocenters. The van der Waals surface area contributed by atoms with Crippen LogP contribution < -0.4 is 15.8 Å². The highest BCUT2D eigenvalue weighted by Gasteiger charge is 2.38. The Hall–Kier alpha value is -3.92. The zero-order valence-electron chi connectivity index (χ0n) is 18.2. The van der Waals surface area contributed by atoms with Crippen molar-refractivity contribution in [1.29, 1.82) is 0 Å². The fourth-order valence-corrected chi connectivity index (χ4v) is 3.26. The lowest BCUT2D eigenvalue weighted by Crippen LogP contribution is -2.44. The van der Waals surface area contributed by atoms with Crippen molar-refractivity contribution in [2.24, 2.45) is 0 Å². The minimum absolute atomic E-state index is 0. The Morgan fingerprint density at radius 2 is 1.94 bits per heavy atom. The van der Waals surface area contributed by atoms with Crippen LogP contribution >= 0.6 is 0 Å². The van der Waals surface area contributed by atoms with Gasteiger partial charge >= 0.3 is 12.1 Å². The Labute approximate surface area is 199 Å². The summed E-state index contributed by atoms with van der Waals surface area (Å²) in [4.78, 5) is 33.1. The summed E-state index contributed by atoms with van der Waals surface area (Å²) in [5, 5.41) is 14.8. The van der Waals surface area contributed by atoms with Crippen molar-refractivity contribution in [3.8, 4) is 11.8 Å². The summed E-state index contributed by atoms with van der Waals surface area (Å²) >= 11 is 0. The number of imidazole rings is 1. The number of hydrogen-bond donors (Lipinski definition) is 2. The number of alkyl halides is 3. The van der Waals surface area contributed by atoms with E-state index < -0.39 is 12.1 Å². The molecule has 0 aromatic carbocycles. The first-order valence-corrected chi connectivity index (χ1v) is 10.2. The van der Waals surface area contributed by atoms with E-state index in [2.05, 4.69) is 32.1 Å². The number of aliphatic carboxylic acids is 1. The van der Waals surface area contributed by atoms with Gasteiger partial charge in [0.05, 0.1) is 19.3 Å². The summed E-state index contributed by atoms with van der Waals surface area (Å²) in [5.74, 6) is 4.01. The Bertz CT molecular complexity index is 1250. The number of carboxylic acids is 1. The zero-order chi connectivity index (χ0) is 24.7. The number of rotatable bonds is 4. The number of nitrogens with one attached hydrogen (secondary N) is 1. The summed E-state index contributed by atoms with van der Waals surface area (Å²) in [6, 6.07) is 3.78. The van der Waals surface area contributed by atoms with Crippen LogP contribution in [0.1, 0.15) is 19.9 Å². The fraction of sp³-hybridized carbons (Fsp3) is 0.409. The standard InChI is InChI=1S/C19H21N7O.C2HF3O2.CH4/c1-2-3-9-25-17-16(23-19(25)24-10-7-20-8-11-24)13-22-26(18(17)27)14-15-5-4-6-21-12-15;3-2(4,5)1(6)7;/h4-6,12-13,20H,7-11,14H2,1H3;(H,6,7);1H4. The zero-order valence-corrected chi connectivity index (χ0v) is 18.2. The van der Waals surface area contributed by atoms with Gasteiger partial charge < -0.3 is 15.3 Å². The van der Waals surface area contributed by atoms with Gasteiger partial charge in [0.25, 0.3) is 5.56 Å². The molecule has 13 heteroatoms. The Morgan fingerprint density at radius 3 is 2.51 bits per heavy atom. The van der Waals surface area contributed by atoms with Crippen LogP contribution in [-0.2, 0) is 17.9 Å². The van der Waals surface area contributed by atoms with Crippen molar-refractivity contribution < 1.29 is 23.1 Å². The number of carbonyl (C=O) groups is 1. The number of nitrogens with zero attached hydrogens (tertiary/aromatic N) is 6. The third-order valence-corrected chi connectivity index (χ3v) is 4.84. The Kier molecular flexibility index (Phi) is 9.35. The van der Waals surface area contributed by atoms with Gasteiger partial charge in [0.2, 0.25) is 5.95 Å². The van der Waals surface area contributed by atoms with Crippen molar-refractivity contribution in [1.82, 2.24) is 29.6 Å². The lowest BCUT2D eigenvalue weighted by Gasteiger charge is -2.28. The molecular formula is C22H26F3N7O3. The highest BCUT2D eigenvalue weighted by Crippen LogP contribution is 2.20. The smallest absolute Gasteiger partial charge is 0.475 e. The largest absolute Gasteiger partial charge is 0.490 e. The summed E-state index contributed by atoms with van der Waals surface area (Å²) in [6.45, 7) is 6.08. The summed E-state index contributed by atoms with van der Waals surface area (Å²) in [6.07, 6.45) is 0.0279. The fourth-order valence-electron chi connectivity index (χ4n) is 3.26. The minimum atomic E-state index is -5.08. The van der Waals surface area contributed by atoms with Gasteiger partial charge in [0.1, 0.15) is 11.0 Å². The van der Waals surface area contributed by atoms with Crippen LogP contribution in [0.4, 0.5) is 19.1 Å². The average molecular weight is 493 g/mol. The molecule has 0 aliphatic carbocycles. The molecule has 10 nitrogen and oxygen atoms in total. The van der Waals surface area contributed by atoms with Crippen LogP contribution in [-0.4, -0.2) is 67.7 Å². The van der Waals surface area contributed by atoms with Crippen LogP contribution in [0.15, 0.2) is 35.5 Å². The number of aromatic nitrogens is 5. The molecule has 1 fully saturated rings. The second-order valence-electron chi connectivity index (χ2n) is 7.17.